The van der Waals surface area contributed by atoms with Gasteiger partial charge in [0.1, 0.15) is 0 Å². The Hall–Kier alpha value is -0.250. The lowest BCUT2D eigenvalue weighted by molar-refractivity contribution is 0.500. The summed E-state index contributed by atoms with van der Waals surface area (Å²) in [7, 11) is 0. The molecule has 0 bridgehead atoms. The molecule has 0 aliphatic carbocycles. The third-order valence-corrected chi connectivity index (χ3v) is 2.61. The fraction of sp³-hybridized carbons (Fsp3) is 0.333. The fourth-order valence-electron chi connectivity index (χ4n) is 1.06. The van der Waals surface area contributed by atoms with E-state index in [1.54, 1.807) is 0 Å². The molecule has 0 N–H and O–H groups in total. The van der Waals surface area contributed by atoms with Gasteiger partial charge in [0, 0.05) is 22.0 Å². The first-order valence-electron chi connectivity index (χ1n) is 3.66. The first-order valence-corrected chi connectivity index (χ1v) is 4.74. The van der Waals surface area contributed by atoms with E-state index in [0.29, 0.717) is 0 Å². The van der Waals surface area contributed by atoms with Crippen molar-refractivity contribution in [3.63, 3.8) is 0 Å². The van der Waals surface area contributed by atoms with Crippen LogP contribution in [0.1, 0.15) is 13.8 Å². The Balaban J connectivity index is 2.90. The minimum Gasteiger partial charge on any atom is -0.348 e. The van der Waals surface area contributed by atoms with E-state index in [4.69, 9.17) is 0 Å². The van der Waals surface area contributed by atoms with Crippen molar-refractivity contribution in [1.29, 1.82) is 0 Å². The molecule has 0 aromatic rings. The molecule has 1 aliphatic heterocycles. The maximum absolute atomic E-state index is 3.99. The van der Waals surface area contributed by atoms with Crippen molar-refractivity contribution in [2.45, 2.75) is 13.8 Å². The summed E-state index contributed by atoms with van der Waals surface area (Å²) in [6, 6.07) is 0. The van der Waals surface area contributed by atoms with Crippen LogP contribution in [0.3, 0.4) is 0 Å². The summed E-state index contributed by atoms with van der Waals surface area (Å²) in [5.74, 6) is 0. The number of likely N-dealkylation sites (N-methyl/N-ethyl adjacent to an activating group) is 1. The summed E-state index contributed by atoms with van der Waals surface area (Å²) in [5.41, 5.74) is 2.40. The van der Waals surface area contributed by atoms with Gasteiger partial charge in [-0.25, -0.2) is 0 Å². The molecule has 0 amide bonds. The van der Waals surface area contributed by atoms with Gasteiger partial charge < -0.3 is 4.90 Å². The van der Waals surface area contributed by atoms with Crippen LogP contribution < -0.4 is 0 Å². The maximum atomic E-state index is 3.99. The average Bonchev–Trinajstić information content (AvgIpc) is 1.96. The second-order valence-electron chi connectivity index (χ2n) is 2.60. The summed E-state index contributed by atoms with van der Waals surface area (Å²) in [4.78, 5) is 2.16. The minimum absolute atomic E-state index is 0.997. The molecule has 0 atom stereocenters. The molecule has 11 heavy (non-hydrogen) atoms. The van der Waals surface area contributed by atoms with Crippen LogP contribution in [0.5, 0.6) is 0 Å². The van der Waals surface area contributed by atoms with E-state index < -0.39 is 0 Å². The third-order valence-electron chi connectivity index (χ3n) is 1.68. The Labute approximate surface area is 81.6 Å². The van der Waals surface area contributed by atoms with Crippen LogP contribution in [-0.4, -0.2) is 11.4 Å². The Morgan fingerprint density at radius 3 is 2.82 bits per heavy atom. The maximum Gasteiger partial charge on any atom is 0.0468 e. The van der Waals surface area contributed by atoms with Crippen LogP contribution in [0.25, 0.3) is 0 Å². The highest BCUT2D eigenvalue weighted by molar-refractivity contribution is 14.1. The molecule has 1 aliphatic rings. The molecule has 1 nitrogen and oxygen atoms in total. The molecule has 0 radical (unpaired) electrons. The molecular formula is C9H12IN. The molecule has 60 valence electrons. The standard InChI is InChI=1S/C9H12IN/c1-4-11-6-7(2)5-9(10)8(11)3/h5-6H,3-4H2,1-2H3. The normalized spacial score (nSPS) is 18.1. The van der Waals surface area contributed by atoms with Gasteiger partial charge in [-0.15, -0.1) is 0 Å². The highest BCUT2D eigenvalue weighted by Crippen LogP contribution is 2.26. The number of allylic oxidation sites excluding steroid dienone is 3. The van der Waals surface area contributed by atoms with Crippen LogP contribution in [0, 0.1) is 0 Å². The first-order chi connectivity index (χ1) is 5.15. The second kappa shape index (κ2) is 3.43. The predicted molar refractivity (Wildman–Crippen MR) is 57.4 cm³/mol. The van der Waals surface area contributed by atoms with Gasteiger partial charge in [-0.1, -0.05) is 6.58 Å². The van der Waals surface area contributed by atoms with E-state index in [9.17, 15) is 0 Å². The summed E-state index contributed by atoms with van der Waals surface area (Å²) in [5, 5.41) is 0. The van der Waals surface area contributed by atoms with Crippen molar-refractivity contribution >= 4 is 22.6 Å². The van der Waals surface area contributed by atoms with Gasteiger partial charge in [0.15, 0.2) is 0 Å². The number of hydrogen-bond acceptors (Lipinski definition) is 1. The van der Waals surface area contributed by atoms with Gasteiger partial charge in [-0.2, -0.15) is 0 Å². The largest absolute Gasteiger partial charge is 0.348 e. The highest BCUT2D eigenvalue weighted by atomic mass is 127. The van der Waals surface area contributed by atoms with Crippen molar-refractivity contribution in [1.82, 2.24) is 4.90 Å². The summed E-state index contributed by atoms with van der Waals surface area (Å²) >= 11 is 2.32. The highest BCUT2D eigenvalue weighted by Gasteiger charge is 2.10. The molecule has 0 saturated carbocycles. The Bertz CT molecular complexity index is 238. The summed E-state index contributed by atoms with van der Waals surface area (Å²) in [6.07, 6.45) is 4.28. The molecule has 1 heterocycles. The summed E-state index contributed by atoms with van der Waals surface area (Å²) < 4.78 is 1.24. The smallest absolute Gasteiger partial charge is 0.0468 e. The van der Waals surface area contributed by atoms with Gasteiger partial charge in [0.2, 0.25) is 0 Å². The number of rotatable bonds is 1. The van der Waals surface area contributed by atoms with Gasteiger partial charge in [-0.3, -0.25) is 0 Å². The zero-order valence-corrected chi connectivity index (χ0v) is 9.05. The first kappa shape index (κ1) is 8.84. The van der Waals surface area contributed by atoms with Crippen LogP contribution in [0.4, 0.5) is 0 Å². The quantitative estimate of drug-likeness (QED) is 0.656. The van der Waals surface area contributed by atoms with E-state index in [1.165, 1.54) is 9.15 Å². The molecule has 0 aromatic carbocycles. The van der Waals surface area contributed by atoms with Crippen LogP contribution in [-0.2, 0) is 0 Å². The molecule has 0 saturated heterocycles. The zero-order valence-electron chi connectivity index (χ0n) is 6.89. The number of hydrogen-bond donors (Lipinski definition) is 0. The molecule has 0 aromatic heterocycles. The van der Waals surface area contributed by atoms with Gasteiger partial charge in [0.05, 0.1) is 0 Å². The SMILES string of the molecule is C=C1C(I)=CC(C)=CN1CC. The zero-order chi connectivity index (χ0) is 8.43. The van der Waals surface area contributed by atoms with E-state index in [0.717, 1.165) is 12.2 Å². The fourth-order valence-corrected chi connectivity index (χ4v) is 1.86. The van der Waals surface area contributed by atoms with E-state index >= 15 is 0 Å². The molecule has 0 fully saturated rings. The number of nitrogens with zero attached hydrogens (tertiary/aromatic N) is 1. The van der Waals surface area contributed by atoms with E-state index in [2.05, 4.69) is 60.2 Å². The van der Waals surface area contributed by atoms with E-state index in [1.807, 2.05) is 0 Å². The summed E-state index contributed by atoms with van der Waals surface area (Å²) in [6.45, 7) is 9.22. The predicted octanol–water partition coefficient (Wildman–Crippen LogP) is 3.06. The molecular weight excluding hydrogens is 249 g/mol. The molecule has 0 spiro atoms. The lowest BCUT2D eigenvalue weighted by Crippen LogP contribution is -2.18. The van der Waals surface area contributed by atoms with Gasteiger partial charge in [-0.05, 0) is 48.1 Å². The Kier molecular flexibility index (Phi) is 2.76. The lowest BCUT2D eigenvalue weighted by Gasteiger charge is -2.24. The topological polar surface area (TPSA) is 3.24 Å². The Morgan fingerprint density at radius 1 is 1.64 bits per heavy atom. The van der Waals surface area contributed by atoms with Crippen LogP contribution in [0.2, 0.25) is 0 Å². The molecule has 0 unspecified atom stereocenters. The second-order valence-corrected chi connectivity index (χ2v) is 3.76. The average molecular weight is 261 g/mol. The van der Waals surface area contributed by atoms with E-state index in [-0.39, 0.29) is 0 Å². The van der Waals surface area contributed by atoms with Crippen molar-refractivity contribution < 1.29 is 0 Å². The van der Waals surface area contributed by atoms with Crippen LogP contribution >= 0.6 is 22.6 Å². The van der Waals surface area contributed by atoms with Crippen molar-refractivity contribution in [3.05, 3.63) is 33.7 Å². The number of halogens is 1. The Morgan fingerprint density at radius 2 is 2.27 bits per heavy atom. The third kappa shape index (κ3) is 1.86. The molecule has 2 heteroatoms. The minimum atomic E-state index is 0.997. The van der Waals surface area contributed by atoms with Crippen molar-refractivity contribution in [2.24, 2.45) is 0 Å². The van der Waals surface area contributed by atoms with Crippen LogP contribution in [0.15, 0.2) is 33.7 Å². The monoisotopic (exact) mass is 261 g/mol. The lowest BCUT2D eigenvalue weighted by atomic mass is 10.2. The van der Waals surface area contributed by atoms with Crippen molar-refractivity contribution in [2.75, 3.05) is 6.54 Å². The van der Waals surface area contributed by atoms with Gasteiger partial charge in [0.25, 0.3) is 0 Å². The molecule has 1 rings (SSSR count). The van der Waals surface area contributed by atoms with Crippen molar-refractivity contribution in [3.8, 4) is 0 Å². The van der Waals surface area contributed by atoms with Gasteiger partial charge >= 0.3 is 0 Å².